The van der Waals surface area contributed by atoms with Crippen molar-refractivity contribution in [1.82, 2.24) is 9.80 Å². The number of halogens is 2. The predicted octanol–water partition coefficient (Wildman–Crippen LogP) is 3.91. The number of aliphatic hydroxyl groups is 2. The van der Waals surface area contributed by atoms with Crippen molar-refractivity contribution in [3.63, 3.8) is 0 Å². The van der Waals surface area contributed by atoms with Crippen molar-refractivity contribution >= 4 is 17.9 Å². The molecule has 1 aliphatic rings. The van der Waals surface area contributed by atoms with Crippen molar-refractivity contribution in [2.24, 2.45) is 5.92 Å². The SMILES string of the molecule is CO[C@@H]1CN(C(=O)c2ccccc2F)C[C@@H](CC(C)C)N(C(=O)C=Cc2ccccc2F)CCCCOC[C@@H](O)[C@H]1O. The minimum atomic E-state index is -1.39. The van der Waals surface area contributed by atoms with Gasteiger partial charge in [0.1, 0.15) is 29.9 Å². The molecule has 2 aromatic carbocycles. The summed E-state index contributed by atoms with van der Waals surface area (Å²) in [6.45, 7) is 4.33. The maximum absolute atomic E-state index is 14.8. The number of hydrogen-bond donors (Lipinski definition) is 2. The molecule has 8 nitrogen and oxygen atoms in total. The fourth-order valence-corrected chi connectivity index (χ4v) is 5.06. The van der Waals surface area contributed by atoms with E-state index in [1.54, 1.807) is 29.2 Å². The molecule has 1 saturated heterocycles. The molecule has 230 valence electrons. The fraction of sp³-hybridized carbons (Fsp3) is 0.500. The van der Waals surface area contributed by atoms with Crippen LogP contribution in [0.15, 0.2) is 54.6 Å². The lowest BCUT2D eigenvalue weighted by Gasteiger charge is -2.38. The van der Waals surface area contributed by atoms with Gasteiger partial charge in [-0.2, -0.15) is 0 Å². The first kappa shape index (κ1) is 33.3. The van der Waals surface area contributed by atoms with Gasteiger partial charge >= 0.3 is 0 Å². The Balaban J connectivity index is 2.02. The largest absolute Gasteiger partial charge is 0.388 e. The Morgan fingerprint density at radius 1 is 1.05 bits per heavy atom. The van der Waals surface area contributed by atoms with Crippen LogP contribution in [0.4, 0.5) is 8.78 Å². The maximum Gasteiger partial charge on any atom is 0.256 e. The summed E-state index contributed by atoms with van der Waals surface area (Å²) < 4.78 is 40.1. The molecular weight excluding hydrogens is 546 g/mol. The molecule has 0 bridgehead atoms. The molecule has 10 heteroatoms. The Bertz CT molecular complexity index is 1190. The van der Waals surface area contributed by atoms with Gasteiger partial charge in [-0.15, -0.1) is 0 Å². The molecule has 0 radical (unpaired) electrons. The van der Waals surface area contributed by atoms with Gasteiger partial charge in [0.15, 0.2) is 0 Å². The first-order valence-electron chi connectivity index (χ1n) is 14.4. The second-order valence-corrected chi connectivity index (χ2v) is 11.0. The molecule has 0 aliphatic carbocycles. The molecule has 0 aromatic heterocycles. The third-order valence-electron chi connectivity index (χ3n) is 7.31. The van der Waals surface area contributed by atoms with E-state index < -0.39 is 41.9 Å². The van der Waals surface area contributed by atoms with Gasteiger partial charge in [0.05, 0.1) is 12.2 Å². The van der Waals surface area contributed by atoms with Crippen molar-refractivity contribution in [2.45, 2.75) is 57.5 Å². The van der Waals surface area contributed by atoms with Crippen molar-refractivity contribution in [1.29, 1.82) is 0 Å². The van der Waals surface area contributed by atoms with Gasteiger partial charge in [-0.1, -0.05) is 44.2 Å². The Morgan fingerprint density at radius 2 is 1.74 bits per heavy atom. The Kier molecular flexibility index (Phi) is 13.1. The van der Waals surface area contributed by atoms with E-state index in [1.165, 1.54) is 48.4 Å². The van der Waals surface area contributed by atoms with Crippen molar-refractivity contribution in [2.75, 3.05) is 40.0 Å². The molecule has 1 fully saturated rings. The van der Waals surface area contributed by atoms with E-state index in [1.807, 2.05) is 13.8 Å². The average molecular weight is 589 g/mol. The van der Waals surface area contributed by atoms with Crippen LogP contribution in [-0.4, -0.2) is 96.1 Å². The van der Waals surface area contributed by atoms with Crippen LogP contribution in [0, 0.1) is 17.6 Å². The molecule has 42 heavy (non-hydrogen) atoms. The Hall–Kier alpha value is -3.18. The quantitative estimate of drug-likeness (QED) is 0.497. The molecule has 0 spiro atoms. The highest BCUT2D eigenvalue weighted by Crippen LogP contribution is 2.21. The van der Waals surface area contributed by atoms with Crippen LogP contribution in [0.25, 0.3) is 6.08 Å². The molecule has 1 heterocycles. The van der Waals surface area contributed by atoms with Gasteiger partial charge < -0.3 is 29.5 Å². The van der Waals surface area contributed by atoms with Gasteiger partial charge in [-0.05, 0) is 49.5 Å². The van der Waals surface area contributed by atoms with Gasteiger partial charge in [-0.3, -0.25) is 9.59 Å². The molecule has 2 amide bonds. The molecule has 0 saturated carbocycles. The van der Waals surface area contributed by atoms with E-state index in [0.29, 0.717) is 32.4 Å². The molecule has 2 aromatic rings. The number of carbonyl (C=O) groups excluding carboxylic acids is 2. The third-order valence-corrected chi connectivity index (χ3v) is 7.31. The monoisotopic (exact) mass is 588 g/mol. The second kappa shape index (κ2) is 16.5. The summed E-state index contributed by atoms with van der Waals surface area (Å²) in [5.41, 5.74) is 0.112. The number of methoxy groups -OCH3 is 1. The van der Waals surface area contributed by atoms with Crippen molar-refractivity contribution in [3.05, 3.63) is 77.4 Å². The predicted molar refractivity (Wildman–Crippen MR) is 156 cm³/mol. The lowest BCUT2D eigenvalue weighted by Crippen LogP contribution is -2.53. The number of aliphatic hydroxyl groups excluding tert-OH is 2. The molecule has 1 aliphatic heterocycles. The summed E-state index contributed by atoms with van der Waals surface area (Å²) in [4.78, 5) is 30.5. The van der Waals surface area contributed by atoms with E-state index >= 15 is 0 Å². The van der Waals surface area contributed by atoms with Crippen LogP contribution >= 0.6 is 0 Å². The summed E-state index contributed by atoms with van der Waals surface area (Å²) in [5.74, 6) is -2.02. The van der Waals surface area contributed by atoms with E-state index in [4.69, 9.17) is 9.47 Å². The summed E-state index contributed by atoms with van der Waals surface area (Å²) >= 11 is 0. The number of ether oxygens (including phenoxy) is 2. The first-order valence-corrected chi connectivity index (χ1v) is 14.4. The van der Waals surface area contributed by atoms with Crippen LogP contribution in [0.5, 0.6) is 0 Å². The first-order chi connectivity index (χ1) is 20.1. The smallest absolute Gasteiger partial charge is 0.256 e. The highest BCUT2D eigenvalue weighted by molar-refractivity contribution is 5.95. The van der Waals surface area contributed by atoms with Crippen LogP contribution < -0.4 is 0 Å². The summed E-state index contributed by atoms with van der Waals surface area (Å²) in [6.07, 6.45) is 0.728. The normalized spacial score (nSPS) is 23.2. The number of nitrogens with zero attached hydrogens (tertiary/aromatic N) is 2. The van der Waals surface area contributed by atoms with Crippen LogP contribution in [0.3, 0.4) is 0 Å². The van der Waals surface area contributed by atoms with Crippen molar-refractivity contribution < 1.29 is 38.1 Å². The molecule has 2 N–H and O–H groups in total. The van der Waals surface area contributed by atoms with E-state index in [9.17, 15) is 28.6 Å². The highest BCUT2D eigenvalue weighted by Gasteiger charge is 2.34. The number of carbonyl (C=O) groups is 2. The lowest BCUT2D eigenvalue weighted by molar-refractivity contribution is -0.130. The lowest BCUT2D eigenvalue weighted by atomic mass is 9.99. The minimum Gasteiger partial charge on any atom is -0.388 e. The third kappa shape index (κ3) is 9.42. The zero-order chi connectivity index (χ0) is 30.6. The second-order valence-electron chi connectivity index (χ2n) is 11.0. The average Bonchev–Trinajstić information content (AvgIpc) is 2.96. The number of hydrogen-bond acceptors (Lipinski definition) is 6. The topological polar surface area (TPSA) is 99.5 Å². The summed E-state index contributed by atoms with van der Waals surface area (Å²) in [5, 5.41) is 21.4. The molecule has 0 unspecified atom stereocenters. The minimum absolute atomic E-state index is 0.0177. The van der Waals surface area contributed by atoms with Gasteiger partial charge in [0.25, 0.3) is 5.91 Å². The molecule has 3 rings (SSSR count). The fourth-order valence-electron chi connectivity index (χ4n) is 5.06. The van der Waals surface area contributed by atoms with Crippen molar-refractivity contribution in [3.8, 4) is 0 Å². The zero-order valence-electron chi connectivity index (χ0n) is 24.5. The highest BCUT2D eigenvalue weighted by atomic mass is 19.1. The number of rotatable bonds is 6. The molecular formula is C32H42F2N2O6. The zero-order valence-corrected chi connectivity index (χ0v) is 24.5. The Morgan fingerprint density at radius 3 is 2.40 bits per heavy atom. The van der Waals surface area contributed by atoms with Gasteiger partial charge in [0.2, 0.25) is 5.91 Å². The van der Waals surface area contributed by atoms with Gasteiger partial charge in [-0.25, -0.2) is 8.78 Å². The maximum atomic E-state index is 14.8. The van der Waals surface area contributed by atoms with Crippen LogP contribution in [-0.2, 0) is 14.3 Å². The van der Waals surface area contributed by atoms with Crippen LogP contribution in [0.2, 0.25) is 0 Å². The van der Waals surface area contributed by atoms with E-state index in [-0.39, 0.29) is 42.6 Å². The molecule has 4 atom stereocenters. The Labute approximate surface area is 246 Å². The summed E-state index contributed by atoms with van der Waals surface area (Å²) in [6, 6.07) is 11.2. The number of amides is 2. The summed E-state index contributed by atoms with van der Waals surface area (Å²) in [7, 11) is 1.35. The van der Waals surface area contributed by atoms with E-state index in [2.05, 4.69) is 0 Å². The number of benzene rings is 2. The van der Waals surface area contributed by atoms with Gasteiger partial charge in [0, 0.05) is 51.0 Å². The van der Waals surface area contributed by atoms with E-state index in [0.717, 1.165) is 0 Å². The standard InChI is InChI=1S/C32H42F2N2O6/c1-22(2)18-24-19-35(32(40)25-11-5-7-13-27(25)34)20-29(41-3)31(39)28(37)21-42-17-9-8-16-36(24)30(38)15-14-23-10-4-6-12-26(23)33/h4-7,10-15,22,24,28-29,31,37,39H,8-9,16-21H2,1-3H3/t24-,28-,29-,31-/m1/s1. The van der Waals surface area contributed by atoms with Crippen LogP contribution in [0.1, 0.15) is 49.0 Å².